The Labute approximate surface area is 60.7 Å². The molecule has 0 saturated carbocycles. The average Bonchev–Trinajstić information content (AvgIpc) is 1.59. The van der Waals surface area contributed by atoms with Crippen LogP contribution in [0.4, 0.5) is 0 Å². The van der Waals surface area contributed by atoms with E-state index < -0.39 is 18.0 Å². The fourth-order valence-corrected chi connectivity index (χ4v) is 1.03. The van der Waals surface area contributed by atoms with Crippen molar-refractivity contribution in [1.29, 1.82) is 0 Å². The predicted octanol–water partition coefficient (Wildman–Crippen LogP) is -0.611. The largest absolute Gasteiger partial charge is 0.550 e. The maximum Gasteiger partial charge on any atom is 0.0594 e. The van der Waals surface area contributed by atoms with Crippen molar-refractivity contribution in [1.82, 2.24) is 0 Å². The zero-order valence-corrected chi connectivity index (χ0v) is 6.50. The summed E-state index contributed by atoms with van der Waals surface area (Å²) in [7, 11) is 0. The molecule has 60 valence electrons. The number of hydrogen-bond acceptors (Lipinski definition) is 3. The monoisotopic (exact) mass is 145 g/mol. The molecule has 0 aromatic heterocycles. The molecule has 0 saturated heterocycles. The van der Waals surface area contributed by atoms with Crippen molar-refractivity contribution in [2.24, 2.45) is 11.8 Å². The Kier molecular flexibility index (Phi) is 3.36. The lowest BCUT2D eigenvalue weighted by atomic mass is 9.91. The minimum absolute atomic E-state index is 0.0787. The van der Waals surface area contributed by atoms with Crippen LogP contribution in [0.3, 0.4) is 0 Å². The standard InChI is InChI=1S/C7H14O3/c1-4(2)6(5(3)8)7(9)10/h4-6,8H,1-3H3,(H,9,10)/p-1. The van der Waals surface area contributed by atoms with Gasteiger partial charge in [-0.15, -0.1) is 0 Å². The summed E-state index contributed by atoms with van der Waals surface area (Å²) in [5, 5.41) is 19.2. The van der Waals surface area contributed by atoms with Crippen molar-refractivity contribution in [3.05, 3.63) is 0 Å². The van der Waals surface area contributed by atoms with E-state index in [9.17, 15) is 9.90 Å². The van der Waals surface area contributed by atoms with E-state index in [2.05, 4.69) is 0 Å². The van der Waals surface area contributed by atoms with E-state index in [0.717, 1.165) is 0 Å². The normalized spacial score (nSPS) is 16.9. The lowest BCUT2D eigenvalue weighted by Crippen LogP contribution is -2.40. The summed E-state index contributed by atoms with van der Waals surface area (Å²) in [6.45, 7) is 4.95. The molecule has 2 unspecified atom stereocenters. The Hall–Kier alpha value is -0.570. The first-order chi connectivity index (χ1) is 4.46. The smallest absolute Gasteiger partial charge is 0.0594 e. The molecule has 0 aliphatic heterocycles. The van der Waals surface area contributed by atoms with Gasteiger partial charge in [-0.25, -0.2) is 0 Å². The van der Waals surface area contributed by atoms with Gasteiger partial charge < -0.3 is 15.0 Å². The highest BCUT2D eigenvalue weighted by Gasteiger charge is 2.19. The maximum absolute atomic E-state index is 10.3. The molecule has 3 nitrogen and oxygen atoms in total. The number of carboxylic acids is 1. The molecule has 0 spiro atoms. The van der Waals surface area contributed by atoms with E-state index in [0.29, 0.717) is 0 Å². The fraction of sp³-hybridized carbons (Fsp3) is 0.857. The second kappa shape index (κ2) is 3.56. The van der Waals surface area contributed by atoms with Gasteiger partial charge >= 0.3 is 0 Å². The van der Waals surface area contributed by atoms with Crippen LogP contribution in [-0.2, 0) is 4.79 Å². The molecule has 0 amide bonds. The Morgan fingerprint density at radius 1 is 1.40 bits per heavy atom. The van der Waals surface area contributed by atoms with E-state index in [1.54, 1.807) is 13.8 Å². The van der Waals surface area contributed by atoms with Gasteiger partial charge in [-0.2, -0.15) is 0 Å². The second-order valence-electron chi connectivity index (χ2n) is 2.83. The highest BCUT2D eigenvalue weighted by molar-refractivity contribution is 5.68. The number of carboxylic acid groups (broad SMARTS) is 1. The van der Waals surface area contributed by atoms with Gasteiger partial charge in [0.15, 0.2) is 0 Å². The van der Waals surface area contributed by atoms with Crippen LogP contribution in [0, 0.1) is 11.8 Å². The van der Waals surface area contributed by atoms with Crippen LogP contribution >= 0.6 is 0 Å². The Balaban J connectivity index is 4.12. The molecule has 10 heavy (non-hydrogen) atoms. The summed E-state index contributed by atoms with van der Waals surface area (Å²) in [6.07, 6.45) is -0.829. The number of rotatable bonds is 3. The number of aliphatic hydroxyl groups excluding tert-OH is 1. The molecule has 0 heterocycles. The van der Waals surface area contributed by atoms with Crippen LogP contribution in [0.1, 0.15) is 20.8 Å². The van der Waals surface area contributed by atoms with Gasteiger partial charge in [0.1, 0.15) is 0 Å². The number of aliphatic carboxylic acids is 1. The zero-order valence-electron chi connectivity index (χ0n) is 6.50. The third-order valence-corrected chi connectivity index (χ3v) is 1.51. The summed E-state index contributed by atoms with van der Waals surface area (Å²) >= 11 is 0. The molecular formula is C7H13O3-. The minimum Gasteiger partial charge on any atom is -0.550 e. The lowest BCUT2D eigenvalue weighted by Gasteiger charge is -2.24. The van der Waals surface area contributed by atoms with E-state index in [4.69, 9.17) is 5.11 Å². The van der Waals surface area contributed by atoms with Gasteiger partial charge in [0.05, 0.1) is 6.10 Å². The Morgan fingerprint density at radius 2 is 1.80 bits per heavy atom. The van der Waals surface area contributed by atoms with Crippen LogP contribution in [0.15, 0.2) is 0 Å². The molecule has 0 aromatic rings. The van der Waals surface area contributed by atoms with Crippen molar-refractivity contribution < 1.29 is 15.0 Å². The summed E-state index contributed by atoms with van der Waals surface area (Å²) < 4.78 is 0. The van der Waals surface area contributed by atoms with E-state index >= 15 is 0 Å². The first-order valence-electron chi connectivity index (χ1n) is 3.35. The second-order valence-corrected chi connectivity index (χ2v) is 2.83. The van der Waals surface area contributed by atoms with Gasteiger partial charge in [-0.3, -0.25) is 0 Å². The summed E-state index contributed by atoms with van der Waals surface area (Å²) in [5.41, 5.74) is 0. The molecular weight excluding hydrogens is 132 g/mol. The predicted molar refractivity (Wildman–Crippen MR) is 35.0 cm³/mol. The van der Waals surface area contributed by atoms with Crippen LogP contribution in [0.25, 0.3) is 0 Å². The first kappa shape index (κ1) is 9.43. The number of aliphatic hydroxyl groups is 1. The molecule has 0 aliphatic carbocycles. The fourth-order valence-electron chi connectivity index (χ4n) is 1.03. The van der Waals surface area contributed by atoms with Gasteiger partial charge in [-0.05, 0) is 12.8 Å². The summed E-state index contributed by atoms with van der Waals surface area (Å²) in [6, 6.07) is 0. The third kappa shape index (κ3) is 2.35. The topological polar surface area (TPSA) is 60.4 Å². The molecule has 0 radical (unpaired) electrons. The molecule has 3 heteroatoms. The van der Waals surface area contributed by atoms with Crippen molar-refractivity contribution in [2.75, 3.05) is 0 Å². The molecule has 1 N–H and O–H groups in total. The van der Waals surface area contributed by atoms with Crippen molar-refractivity contribution in [3.8, 4) is 0 Å². The highest BCUT2D eigenvalue weighted by Crippen LogP contribution is 2.13. The Morgan fingerprint density at radius 3 is 1.80 bits per heavy atom. The summed E-state index contributed by atoms with van der Waals surface area (Å²) in [4.78, 5) is 10.3. The molecule has 0 rings (SSSR count). The number of carbonyl (C=O) groups is 1. The average molecular weight is 145 g/mol. The van der Waals surface area contributed by atoms with Crippen molar-refractivity contribution >= 4 is 5.97 Å². The van der Waals surface area contributed by atoms with Crippen LogP contribution in [0.5, 0.6) is 0 Å². The third-order valence-electron chi connectivity index (χ3n) is 1.51. The molecule has 2 atom stereocenters. The number of hydrogen-bond donors (Lipinski definition) is 1. The van der Waals surface area contributed by atoms with Gasteiger partial charge in [-0.1, -0.05) is 13.8 Å². The highest BCUT2D eigenvalue weighted by atomic mass is 16.4. The molecule has 0 bridgehead atoms. The van der Waals surface area contributed by atoms with Gasteiger partial charge in [0.25, 0.3) is 0 Å². The van der Waals surface area contributed by atoms with E-state index in [1.807, 2.05) is 0 Å². The van der Waals surface area contributed by atoms with Gasteiger partial charge in [0, 0.05) is 11.9 Å². The van der Waals surface area contributed by atoms with Crippen LogP contribution in [0.2, 0.25) is 0 Å². The SMILES string of the molecule is CC(C)C(C(=O)[O-])C(C)O. The minimum atomic E-state index is -1.18. The van der Waals surface area contributed by atoms with E-state index in [-0.39, 0.29) is 5.92 Å². The molecule has 0 fully saturated rings. The molecule has 0 aromatic carbocycles. The number of carbonyl (C=O) groups excluding carboxylic acids is 1. The maximum atomic E-state index is 10.3. The quantitative estimate of drug-likeness (QED) is 0.576. The molecule has 0 aliphatic rings. The first-order valence-corrected chi connectivity index (χ1v) is 3.35. The Bertz CT molecular complexity index is 110. The van der Waals surface area contributed by atoms with Crippen LogP contribution in [-0.4, -0.2) is 17.2 Å². The van der Waals surface area contributed by atoms with Crippen LogP contribution < -0.4 is 5.11 Å². The van der Waals surface area contributed by atoms with Crippen molar-refractivity contribution in [2.45, 2.75) is 26.9 Å². The lowest BCUT2D eigenvalue weighted by molar-refractivity contribution is -0.315. The summed E-state index contributed by atoms with van der Waals surface area (Å²) in [5.74, 6) is -2.00. The van der Waals surface area contributed by atoms with Crippen molar-refractivity contribution in [3.63, 3.8) is 0 Å². The van der Waals surface area contributed by atoms with E-state index in [1.165, 1.54) is 6.92 Å². The van der Waals surface area contributed by atoms with Gasteiger partial charge in [0.2, 0.25) is 0 Å². The zero-order chi connectivity index (χ0) is 8.31.